The highest BCUT2D eigenvalue weighted by Gasteiger charge is 2.65. The van der Waals surface area contributed by atoms with Crippen LogP contribution < -0.4 is 36.0 Å². The van der Waals surface area contributed by atoms with Crippen LogP contribution in [0.4, 0.5) is 5.69 Å². The number of benzene rings is 3. The standard InChI is InChI=1S/C39H37ClN6O9/c1-39-23(34(48)45(36(39)50)21-9-7-6-8-10-21)17-27-22(32(39)20-15-24(40)33(47)31(16-20)55-5)11-14-44-37(51)43(38(52)46(27)44)13-12-25-35(49)42(2)28-19-30(54-4)29(53-3)18-26(28)41-25/h6-11,15-16,18-19,23,27,32,47H,12-14,17H2,1-5H3/t23-,27+,32-,39+/m0/s1. The Morgan fingerprint density at radius 1 is 0.927 bits per heavy atom. The molecule has 2 amide bonds. The monoisotopic (exact) mass is 768 g/mol. The lowest BCUT2D eigenvalue weighted by molar-refractivity contribution is -0.129. The molecule has 8 rings (SSSR count). The number of para-hydroxylation sites is 1. The molecule has 284 valence electrons. The molecule has 15 nitrogen and oxygen atoms in total. The van der Waals surface area contributed by atoms with Crippen LogP contribution in [0.5, 0.6) is 23.0 Å². The number of fused-ring (bicyclic) bond motifs is 5. The topological polar surface area (TPSA) is 169 Å². The van der Waals surface area contributed by atoms with Crippen molar-refractivity contribution in [3.05, 3.63) is 114 Å². The van der Waals surface area contributed by atoms with Crippen LogP contribution in [0, 0.1) is 11.3 Å². The van der Waals surface area contributed by atoms with Crippen LogP contribution in [-0.2, 0) is 36.1 Å². The Labute approximate surface area is 318 Å². The molecular weight excluding hydrogens is 732 g/mol. The van der Waals surface area contributed by atoms with Gasteiger partial charge >= 0.3 is 11.4 Å². The maximum absolute atomic E-state index is 14.6. The minimum absolute atomic E-state index is 0.00470. The molecule has 55 heavy (non-hydrogen) atoms. The van der Waals surface area contributed by atoms with Gasteiger partial charge in [0.1, 0.15) is 5.69 Å². The molecule has 1 N–H and O–H groups in total. The van der Waals surface area contributed by atoms with Gasteiger partial charge in [-0.2, -0.15) is 0 Å². The number of anilines is 1. The summed E-state index contributed by atoms with van der Waals surface area (Å²) in [6, 6.07) is 14.3. The highest BCUT2D eigenvalue weighted by molar-refractivity contribution is 6.32. The van der Waals surface area contributed by atoms with Gasteiger partial charge in [0.25, 0.3) is 5.56 Å². The molecule has 4 atom stereocenters. The molecule has 0 unspecified atom stereocenters. The number of halogens is 1. The Balaban J connectivity index is 1.22. The first kappa shape index (κ1) is 35.9. The Hall–Kier alpha value is -6.09. The van der Waals surface area contributed by atoms with E-state index in [9.17, 15) is 29.1 Å². The number of carbonyl (C=O) groups is 2. The fourth-order valence-electron chi connectivity index (χ4n) is 8.73. The van der Waals surface area contributed by atoms with Crippen molar-refractivity contribution < 1.29 is 28.9 Å². The number of phenols is 1. The maximum Gasteiger partial charge on any atom is 0.347 e. The zero-order valence-corrected chi connectivity index (χ0v) is 31.4. The Morgan fingerprint density at radius 2 is 1.62 bits per heavy atom. The van der Waals surface area contributed by atoms with Gasteiger partial charge in [-0.3, -0.25) is 14.4 Å². The predicted molar refractivity (Wildman–Crippen MR) is 201 cm³/mol. The molecule has 2 aliphatic heterocycles. The number of aromatic hydroxyl groups is 1. The van der Waals surface area contributed by atoms with Crippen molar-refractivity contribution in [2.75, 3.05) is 26.2 Å². The fraction of sp³-hybridized carbons (Fsp3) is 0.333. The van der Waals surface area contributed by atoms with Crippen molar-refractivity contribution in [3.63, 3.8) is 0 Å². The van der Waals surface area contributed by atoms with Crippen LogP contribution in [0.25, 0.3) is 11.0 Å². The van der Waals surface area contributed by atoms with Crippen LogP contribution in [0.1, 0.15) is 36.6 Å². The summed E-state index contributed by atoms with van der Waals surface area (Å²) >= 11 is 6.51. The number of allylic oxidation sites excluding steroid dienone is 2. The molecule has 16 heteroatoms. The molecule has 3 aliphatic rings. The summed E-state index contributed by atoms with van der Waals surface area (Å²) in [5, 5.41) is 10.6. The van der Waals surface area contributed by atoms with Gasteiger partial charge in [0.15, 0.2) is 23.0 Å². The van der Waals surface area contributed by atoms with Crippen molar-refractivity contribution in [1.82, 2.24) is 23.5 Å². The normalized spacial score (nSPS) is 21.6. The van der Waals surface area contributed by atoms with Crippen molar-refractivity contribution in [2.24, 2.45) is 18.4 Å². The van der Waals surface area contributed by atoms with E-state index in [-0.39, 0.29) is 48.1 Å². The minimum Gasteiger partial charge on any atom is -0.503 e. The first-order valence-electron chi connectivity index (χ1n) is 17.6. The molecule has 5 aromatic rings. The number of hydrogen-bond donors (Lipinski definition) is 1. The molecule has 3 aromatic carbocycles. The number of aromatic nitrogens is 5. The number of imide groups is 1. The Morgan fingerprint density at radius 3 is 2.31 bits per heavy atom. The minimum atomic E-state index is -1.34. The number of aryl methyl sites for hydroxylation is 2. The van der Waals surface area contributed by atoms with E-state index in [2.05, 4.69) is 4.98 Å². The van der Waals surface area contributed by atoms with E-state index in [4.69, 9.17) is 25.8 Å². The largest absolute Gasteiger partial charge is 0.503 e. The number of ether oxygens (including phenoxy) is 3. The third-order valence-electron chi connectivity index (χ3n) is 11.5. The number of phenolic OH excluding ortho intramolecular Hbond substituents is 1. The Bertz CT molecular complexity index is 2660. The van der Waals surface area contributed by atoms with E-state index in [1.165, 1.54) is 46.2 Å². The third-order valence-corrected chi connectivity index (χ3v) is 11.7. The second-order valence-electron chi connectivity index (χ2n) is 14.1. The van der Waals surface area contributed by atoms with E-state index >= 15 is 0 Å². The Kier molecular flexibility index (Phi) is 8.52. The quantitative estimate of drug-likeness (QED) is 0.182. The SMILES string of the molecule is COc1cc2nc(CCn3c(=O)n4n(c3=O)[C@@H]3C[C@H]5C(=O)N(c6ccccc6)C(=O)[C@@]5(C)[C@@H](c5cc(Cl)c(O)c(OC)c5)C3=CC4)c(=O)n(C)c2cc1OC. The van der Waals surface area contributed by atoms with E-state index in [1.54, 1.807) is 62.5 Å². The second kappa shape index (κ2) is 13.0. The van der Waals surface area contributed by atoms with Gasteiger partial charge in [-0.15, -0.1) is 0 Å². The number of methoxy groups -OCH3 is 3. The lowest BCUT2D eigenvalue weighted by Crippen LogP contribution is -2.49. The summed E-state index contributed by atoms with van der Waals surface area (Å²) < 4.78 is 21.4. The van der Waals surface area contributed by atoms with E-state index in [0.29, 0.717) is 39.4 Å². The molecule has 4 heterocycles. The molecule has 1 saturated heterocycles. The van der Waals surface area contributed by atoms with Gasteiger partial charge in [-0.05, 0) is 48.7 Å². The fourth-order valence-corrected chi connectivity index (χ4v) is 8.94. The van der Waals surface area contributed by atoms with Gasteiger partial charge in [0.2, 0.25) is 11.8 Å². The molecule has 0 bridgehead atoms. The molecule has 1 saturated carbocycles. The average Bonchev–Trinajstić information content (AvgIpc) is 3.55. The van der Waals surface area contributed by atoms with Gasteiger partial charge < -0.3 is 23.9 Å². The molecule has 0 spiro atoms. The third kappa shape index (κ3) is 5.16. The second-order valence-corrected chi connectivity index (χ2v) is 14.5. The van der Waals surface area contributed by atoms with Crippen molar-refractivity contribution >= 4 is 40.1 Å². The van der Waals surface area contributed by atoms with E-state index in [1.807, 2.05) is 6.08 Å². The summed E-state index contributed by atoms with van der Waals surface area (Å²) in [6.07, 6.45) is 1.84. The number of amides is 2. The molecule has 2 fully saturated rings. The van der Waals surface area contributed by atoms with E-state index in [0.717, 1.165) is 4.57 Å². The van der Waals surface area contributed by atoms with Crippen LogP contribution in [0.2, 0.25) is 5.02 Å². The first-order chi connectivity index (χ1) is 26.3. The summed E-state index contributed by atoms with van der Waals surface area (Å²) in [7, 11) is 5.97. The lowest BCUT2D eigenvalue weighted by Gasteiger charge is -2.47. The summed E-state index contributed by atoms with van der Waals surface area (Å²) in [6.45, 7) is 1.59. The van der Waals surface area contributed by atoms with Crippen LogP contribution in [-0.4, -0.2) is 61.7 Å². The number of nitrogens with zero attached hydrogens (tertiary/aromatic N) is 6. The molecule has 1 aliphatic carbocycles. The van der Waals surface area contributed by atoms with Crippen molar-refractivity contribution in [2.45, 2.75) is 44.8 Å². The lowest BCUT2D eigenvalue weighted by atomic mass is 9.56. The van der Waals surface area contributed by atoms with Crippen LogP contribution in [0.3, 0.4) is 0 Å². The maximum atomic E-state index is 14.6. The molecular formula is C39H37ClN6O9. The highest BCUT2D eigenvalue weighted by atomic mass is 35.5. The zero-order valence-electron chi connectivity index (χ0n) is 30.6. The number of carbonyl (C=O) groups excluding carboxylic acids is 2. The molecule has 0 radical (unpaired) electrons. The van der Waals surface area contributed by atoms with Crippen LogP contribution in [0.15, 0.2) is 80.6 Å². The number of rotatable bonds is 8. The first-order valence-corrected chi connectivity index (χ1v) is 18.0. The van der Waals surface area contributed by atoms with Gasteiger partial charge in [0.05, 0.1) is 67.0 Å². The molecule has 2 aromatic heterocycles. The average molecular weight is 769 g/mol. The summed E-state index contributed by atoms with van der Waals surface area (Å²) in [4.78, 5) is 76.6. The van der Waals surface area contributed by atoms with Crippen LogP contribution >= 0.6 is 11.6 Å². The van der Waals surface area contributed by atoms with Gasteiger partial charge in [-0.1, -0.05) is 35.9 Å². The highest BCUT2D eigenvalue weighted by Crippen LogP contribution is 2.62. The van der Waals surface area contributed by atoms with E-state index < -0.39 is 52.0 Å². The predicted octanol–water partition coefficient (Wildman–Crippen LogP) is 3.55. The number of hydrogen-bond acceptors (Lipinski definition) is 10. The smallest absolute Gasteiger partial charge is 0.347 e. The zero-order chi connectivity index (χ0) is 39.1. The van der Waals surface area contributed by atoms with Crippen molar-refractivity contribution in [3.8, 4) is 23.0 Å². The van der Waals surface area contributed by atoms with Crippen molar-refractivity contribution in [1.29, 1.82) is 0 Å². The summed E-state index contributed by atoms with van der Waals surface area (Å²) in [5.41, 5.74) is -0.296. The van der Waals surface area contributed by atoms with Gasteiger partial charge in [0, 0.05) is 38.1 Å². The summed E-state index contributed by atoms with van der Waals surface area (Å²) in [5.74, 6) is -1.93. The van der Waals surface area contributed by atoms with Gasteiger partial charge in [-0.25, -0.2) is 33.4 Å².